The van der Waals surface area contributed by atoms with Gasteiger partial charge in [-0.1, -0.05) is 22.9 Å². The predicted octanol–water partition coefficient (Wildman–Crippen LogP) is 3.38. The number of hydrogen-bond donors (Lipinski definition) is 1. The summed E-state index contributed by atoms with van der Waals surface area (Å²) in [6, 6.07) is 7.43. The van der Waals surface area contributed by atoms with Crippen molar-refractivity contribution in [2.75, 3.05) is 5.32 Å². The zero-order chi connectivity index (χ0) is 19.6. The molecule has 1 aromatic carbocycles. The second kappa shape index (κ2) is 7.22. The molecule has 3 rings (SSSR count). The van der Waals surface area contributed by atoms with Crippen LogP contribution < -0.4 is 5.32 Å². The molecule has 3 aromatic rings. The van der Waals surface area contributed by atoms with E-state index in [2.05, 4.69) is 20.6 Å². The number of aryl methyl sites for hydroxylation is 1. The molecule has 27 heavy (non-hydrogen) atoms. The van der Waals surface area contributed by atoms with Crippen molar-refractivity contribution in [2.24, 2.45) is 0 Å². The number of aromatic nitrogens is 4. The summed E-state index contributed by atoms with van der Waals surface area (Å²) < 4.78 is 44.1. The number of halogens is 3. The second-order valence-corrected chi connectivity index (χ2v) is 5.99. The number of alkyl halides is 3. The summed E-state index contributed by atoms with van der Waals surface area (Å²) in [6.07, 6.45) is -3.47. The highest BCUT2D eigenvalue weighted by molar-refractivity contribution is 5.91. The molecular formula is C17H16F3N5O2. The first kappa shape index (κ1) is 18.6. The molecule has 7 nitrogen and oxygen atoms in total. The van der Waals surface area contributed by atoms with Crippen LogP contribution in [0.15, 0.2) is 41.1 Å². The Labute approximate surface area is 152 Å². The standard InChI is InChI=1S/C17H16F3N5O2/c1-10-3-5-12(6-4-10)21-15(26)9-14-22-16(27-24-14)11(2)25-8-7-13(23-25)17(18,19)20/h3-8,11H,9H2,1-2H3,(H,21,26). The number of carbonyl (C=O) groups excluding carboxylic acids is 1. The van der Waals surface area contributed by atoms with E-state index in [-0.39, 0.29) is 24.0 Å². The monoisotopic (exact) mass is 379 g/mol. The van der Waals surface area contributed by atoms with Crippen LogP contribution in [0.5, 0.6) is 0 Å². The lowest BCUT2D eigenvalue weighted by Crippen LogP contribution is -2.15. The molecule has 0 fully saturated rings. The fraction of sp³-hybridized carbons (Fsp3) is 0.294. The molecule has 142 valence electrons. The van der Waals surface area contributed by atoms with Gasteiger partial charge in [-0.3, -0.25) is 9.48 Å². The fourth-order valence-electron chi connectivity index (χ4n) is 2.31. The first-order chi connectivity index (χ1) is 12.7. The number of amides is 1. The van der Waals surface area contributed by atoms with Crippen LogP contribution in [-0.4, -0.2) is 25.8 Å². The Morgan fingerprint density at radius 2 is 1.96 bits per heavy atom. The van der Waals surface area contributed by atoms with E-state index >= 15 is 0 Å². The maximum atomic E-state index is 12.6. The Bertz CT molecular complexity index is 931. The van der Waals surface area contributed by atoms with Gasteiger partial charge in [0.2, 0.25) is 5.91 Å². The third-order valence-electron chi connectivity index (χ3n) is 3.79. The molecule has 1 amide bonds. The molecular weight excluding hydrogens is 363 g/mol. The zero-order valence-corrected chi connectivity index (χ0v) is 14.5. The van der Waals surface area contributed by atoms with Crippen molar-refractivity contribution in [3.8, 4) is 0 Å². The normalized spacial score (nSPS) is 12.8. The van der Waals surface area contributed by atoms with Gasteiger partial charge in [0.25, 0.3) is 5.89 Å². The van der Waals surface area contributed by atoms with E-state index < -0.39 is 17.9 Å². The van der Waals surface area contributed by atoms with Gasteiger partial charge >= 0.3 is 6.18 Å². The topological polar surface area (TPSA) is 85.8 Å². The summed E-state index contributed by atoms with van der Waals surface area (Å²) >= 11 is 0. The minimum absolute atomic E-state index is 0.0601. The predicted molar refractivity (Wildman–Crippen MR) is 88.9 cm³/mol. The van der Waals surface area contributed by atoms with Gasteiger partial charge in [0.05, 0.1) is 6.42 Å². The average Bonchev–Trinajstić information content (AvgIpc) is 3.25. The van der Waals surface area contributed by atoms with Gasteiger partial charge in [0, 0.05) is 11.9 Å². The highest BCUT2D eigenvalue weighted by Gasteiger charge is 2.34. The van der Waals surface area contributed by atoms with Gasteiger partial charge in [0.1, 0.15) is 6.04 Å². The van der Waals surface area contributed by atoms with Gasteiger partial charge in [-0.05, 0) is 32.0 Å². The summed E-state index contributed by atoms with van der Waals surface area (Å²) in [4.78, 5) is 16.1. The summed E-state index contributed by atoms with van der Waals surface area (Å²) in [7, 11) is 0. The van der Waals surface area contributed by atoms with Crippen molar-refractivity contribution in [1.29, 1.82) is 0 Å². The van der Waals surface area contributed by atoms with Crippen molar-refractivity contribution < 1.29 is 22.5 Å². The molecule has 0 saturated heterocycles. The quantitative estimate of drug-likeness (QED) is 0.734. The van der Waals surface area contributed by atoms with Crippen LogP contribution in [0.3, 0.4) is 0 Å². The number of nitrogens with one attached hydrogen (secondary N) is 1. The van der Waals surface area contributed by atoms with Crippen molar-refractivity contribution in [3.05, 3.63) is 59.5 Å². The second-order valence-electron chi connectivity index (χ2n) is 5.99. The van der Waals surface area contributed by atoms with Crippen LogP contribution in [0.25, 0.3) is 0 Å². The van der Waals surface area contributed by atoms with E-state index in [0.29, 0.717) is 5.69 Å². The number of nitrogens with zero attached hydrogens (tertiary/aromatic N) is 4. The Kier molecular flexibility index (Phi) is 4.98. The lowest BCUT2D eigenvalue weighted by atomic mass is 10.2. The van der Waals surface area contributed by atoms with Crippen molar-refractivity contribution in [1.82, 2.24) is 19.9 Å². The van der Waals surface area contributed by atoms with Crippen LogP contribution in [0.1, 0.15) is 35.9 Å². The molecule has 2 aromatic heterocycles. The zero-order valence-electron chi connectivity index (χ0n) is 14.5. The number of benzene rings is 1. The maximum absolute atomic E-state index is 12.6. The highest BCUT2D eigenvalue weighted by atomic mass is 19.4. The van der Waals surface area contributed by atoms with Gasteiger partial charge in [-0.15, -0.1) is 0 Å². The van der Waals surface area contributed by atoms with Crippen molar-refractivity contribution in [3.63, 3.8) is 0 Å². The average molecular weight is 379 g/mol. The fourth-order valence-corrected chi connectivity index (χ4v) is 2.31. The Morgan fingerprint density at radius 1 is 1.26 bits per heavy atom. The smallest absolute Gasteiger partial charge is 0.337 e. The molecule has 0 aliphatic rings. The molecule has 1 atom stereocenters. The van der Waals surface area contributed by atoms with E-state index in [1.165, 1.54) is 6.20 Å². The van der Waals surface area contributed by atoms with Crippen molar-refractivity contribution >= 4 is 11.6 Å². The number of anilines is 1. The van der Waals surface area contributed by atoms with Crippen LogP contribution in [0.2, 0.25) is 0 Å². The summed E-state index contributed by atoms with van der Waals surface area (Å²) in [5.74, 6) is -0.146. The van der Waals surface area contributed by atoms with Crippen LogP contribution in [0.4, 0.5) is 18.9 Å². The molecule has 2 heterocycles. The van der Waals surface area contributed by atoms with Crippen LogP contribution in [0, 0.1) is 6.92 Å². The Hall–Kier alpha value is -3.17. The number of hydrogen-bond acceptors (Lipinski definition) is 5. The summed E-state index contributed by atoms with van der Waals surface area (Å²) in [6.45, 7) is 3.50. The molecule has 1 N–H and O–H groups in total. The van der Waals surface area contributed by atoms with E-state index in [9.17, 15) is 18.0 Å². The SMILES string of the molecule is Cc1ccc(NC(=O)Cc2noc(C(C)n3ccc(C(F)(F)F)n3)n2)cc1. The lowest BCUT2D eigenvalue weighted by Gasteiger charge is -2.07. The van der Waals surface area contributed by atoms with Gasteiger partial charge in [-0.2, -0.15) is 23.3 Å². The molecule has 1 unspecified atom stereocenters. The van der Waals surface area contributed by atoms with Gasteiger partial charge in [-0.25, -0.2) is 0 Å². The first-order valence-electron chi connectivity index (χ1n) is 8.04. The van der Waals surface area contributed by atoms with Crippen LogP contribution >= 0.6 is 0 Å². The lowest BCUT2D eigenvalue weighted by molar-refractivity contribution is -0.141. The van der Waals surface area contributed by atoms with Crippen LogP contribution in [-0.2, 0) is 17.4 Å². The maximum Gasteiger partial charge on any atom is 0.435 e. The van der Waals surface area contributed by atoms with E-state index in [0.717, 1.165) is 16.3 Å². The molecule has 0 spiro atoms. The minimum atomic E-state index is -4.53. The molecule has 10 heteroatoms. The number of carbonyl (C=O) groups is 1. The molecule has 0 aliphatic carbocycles. The third kappa shape index (κ3) is 4.52. The van der Waals surface area contributed by atoms with Gasteiger partial charge < -0.3 is 9.84 Å². The van der Waals surface area contributed by atoms with E-state index in [1.807, 2.05) is 19.1 Å². The van der Waals surface area contributed by atoms with Crippen molar-refractivity contribution in [2.45, 2.75) is 32.5 Å². The number of rotatable bonds is 5. The Balaban J connectivity index is 1.64. The Morgan fingerprint density at radius 3 is 2.59 bits per heavy atom. The highest BCUT2D eigenvalue weighted by Crippen LogP contribution is 2.28. The summed E-state index contributed by atoms with van der Waals surface area (Å²) in [5.41, 5.74) is 0.697. The van der Waals surface area contributed by atoms with E-state index in [1.54, 1.807) is 19.1 Å². The molecule has 0 saturated carbocycles. The molecule has 0 aliphatic heterocycles. The minimum Gasteiger partial charge on any atom is -0.337 e. The first-order valence-corrected chi connectivity index (χ1v) is 8.04. The molecule has 0 radical (unpaired) electrons. The van der Waals surface area contributed by atoms with Gasteiger partial charge in [0.15, 0.2) is 11.5 Å². The third-order valence-corrected chi connectivity index (χ3v) is 3.79. The largest absolute Gasteiger partial charge is 0.435 e. The summed E-state index contributed by atoms with van der Waals surface area (Å²) in [5, 5.41) is 9.88. The van der Waals surface area contributed by atoms with E-state index in [4.69, 9.17) is 4.52 Å². The molecule has 0 bridgehead atoms.